The third-order valence-electron chi connectivity index (χ3n) is 4.59. The van der Waals surface area contributed by atoms with Crippen LogP contribution < -0.4 is 0 Å². The van der Waals surface area contributed by atoms with Crippen molar-refractivity contribution in [3.8, 4) is 0 Å². The van der Waals surface area contributed by atoms with Crippen molar-refractivity contribution in [2.45, 2.75) is 18.9 Å². The van der Waals surface area contributed by atoms with E-state index in [4.69, 9.17) is 0 Å². The lowest BCUT2D eigenvalue weighted by Crippen LogP contribution is -2.30. The van der Waals surface area contributed by atoms with Crippen LogP contribution in [0, 0.1) is 0 Å². The Hall–Kier alpha value is -2.68. The summed E-state index contributed by atoms with van der Waals surface area (Å²) in [5, 5.41) is 2.12. The van der Waals surface area contributed by atoms with Crippen LogP contribution >= 0.6 is 0 Å². The van der Waals surface area contributed by atoms with Crippen molar-refractivity contribution in [3.63, 3.8) is 0 Å². The Morgan fingerprint density at radius 3 is 2.78 bits per heavy atom. The Kier molecular flexibility index (Phi) is 3.54. The number of hydrogen-bond donors (Lipinski definition) is 0. The number of nitrogens with zero attached hydrogens (tertiary/aromatic N) is 2. The topological polar surface area (TPSA) is 33.2 Å². The molecule has 2 heterocycles. The average Bonchev–Trinajstić information content (AvgIpc) is 3.11. The van der Waals surface area contributed by atoms with Crippen LogP contribution in [0.5, 0.6) is 0 Å². The fourth-order valence-electron chi connectivity index (χ4n) is 3.41. The van der Waals surface area contributed by atoms with E-state index in [1.807, 2.05) is 53.6 Å². The minimum atomic E-state index is 0.120. The molecule has 1 unspecified atom stereocenters. The molecular weight excluding hydrogens is 284 g/mol. The van der Waals surface area contributed by atoms with Gasteiger partial charge >= 0.3 is 0 Å². The highest BCUT2D eigenvalue weighted by molar-refractivity contribution is 5.98. The molecule has 114 valence electrons. The highest BCUT2D eigenvalue weighted by Crippen LogP contribution is 2.33. The number of carbonyl (C=O) groups is 1. The maximum absolute atomic E-state index is 13.0. The molecule has 1 atom stereocenters. The van der Waals surface area contributed by atoms with E-state index in [0.29, 0.717) is 0 Å². The van der Waals surface area contributed by atoms with Crippen molar-refractivity contribution in [3.05, 3.63) is 78.1 Å². The van der Waals surface area contributed by atoms with Gasteiger partial charge < -0.3 is 4.90 Å². The molecule has 2 aromatic carbocycles. The molecule has 1 saturated heterocycles. The van der Waals surface area contributed by atoms with E-state index in [9.17, 15) is 4.79 Å². The van der Waals surface area contributed by atoms with Gasteiger partial charge in [-0.2, -0.15) is 0 Å². The van der Waals surface area contributed by atoms with Crippen LogP contribution in [-0.2, 0) is 0 Å². The molecule has 3 aromatic rings. The highest BCUT2D eigenvalue weighted by atomic mass is 16.2. The molecule has 0 spiro atoms. The lowest BCUT2D eigenvalue weighted by molar-refractivity contribution is 0.0736. The van der Waals surface area contributed by atoms with Crippen molar-refractivity contribution in [2.24, 2.45) is 0 Å². The van der Waals surface area contributed by atoms with Gasteiger partial charge in [-0.3, -0.25) is 9.78 Å². The lowest BCUT2D eigenvalue weighted by Gasteiger charge is -2.25. The summed E-state index contributed by atoms with van der Waals surface area (Å²) in [5.74, 6) is 0.120. The van der Waals surface area contributed by atoms with Crippen molar-refractivity contribution in [1.29, 1.82) is 0 Å². The van der Waals surface area contributed by atoms with Crippen molar-refractivity contribution in [2.75, 3.05) is 6.54 Å². The maximum Gasteiger partial charge on any atom is 0.254 e. The minimum absolute atomic E-state index is 0.120. The summed E-state index contributed by atoms with van der Waals surface area (Å²) in [4.78, 5) is 19.1. The molecule has 1 aliphatic rings. The molecule has 4 rings (SSSR count). The molecule has 3 heteroatoms. The number of hydrogen-bond acceptors (Lipinski definition) is 2. The van der Waals surface area contributed by atoms with Crippen LogP contribution in [0.15, 0.2) is 67.0 Å². The molecule has 0 N–H and O–H groups in total. The van der Waals surface area contributed by atoms with Gasteiger partial charge in [0.2, 0.25) is 0 Å². The Morgan fingerprint density at radius 2 is 1.91 bits per heavy atom. The summed E-state index contributed by atoms with van der Waals surface area (Å²) in [6.07, 6.45) is 5.68. The largest absolute Gasteiger partial charge is 0.332 e. The average molecular weight is 302 g/mol. The van der Waals surface area contributed by atoms with Gasteiger partial charge in [-0.05, 0) is 42.0 Å². The third-order valence-corrected chi connectivity index (χ3v) is 4.59. The van der Waals surface area contributed by atoms with Gasteiger partial charge in [0.15, 0.2) is 0 Å². The predicted molar refractivity (Wildman–Crippen MR) is 91.2 cm³/mol. The van der Waals surface area contributed by atoms with Crippen LogP contribution in [0.25, 0.3) is 10.8 Å². The van der Waals surface area contributed by atoms with E-state index < -0.39 is 0 Å². The van der Waals surface area contributed by atoms with Crippen molar-refractivity contribution in [1.82, 2.24) is 9.88 Å². The first-order valence-corrected chi connectivity index (χ1v) is 8.02. The first kappa shape index (κ1) is 13.9. The fraction of sp³-hybridized carbons (Fsp3) is 0.200. The van der Waals surface area contributed by atoms with E-state index >= 15 is 0 Å². The molecule has 1 aromatic heterocycles. The number of likely N-dealkylation sites (tertiary alicyclic amines) is 1. The molecule has 23 heavy (non-hydrogen) atoms. The van der Waals surface area contributed by atoms with Gasteiger partial charge in [-0.1, -0.05) is 36.4 Å². The molecular formula is C20H18N2O. The van der Waals surface area contributed by atoms with E-state index in [0.717, 1.165) is 35.7 Å². The lowest BCUT2D eigenvalue weighted by atomic mass is 10.0. The molecule has 1 amide bonds. The van der Waals surface area contributed by atoms with E-state index in [-0.39, 0.29) is 11.9 Å². The predicted octanol–water partition coefficient (Wildman–Crippen LogP) is 4.21. The quantitative estimate of drug-likeness (QED) is 0.710. The van der Waals surface area contributed by atoms with Gasteiger partial charge in [0.05, 0.1) is 6.04 Å². The third kappa shape index (κ3) is 2.59. The number of benzene rings is 2. The molecule has 0 bridgehead atoms. The van der Waals surface area contributed by atoms with Crippen LogP contribution in [0.3, 0.4) is 0 Å². The Bertz CT molecular complexity index is 844. The Labute approximate surface area is 135 Å². The zero-order chi connectivity index (χ0) is 15.6. The van der Waals surface area contributed by atoms with Crippen molar-refractivity contribution < 1.29 is 4.79 Å². The van der Waals surface area contributed by atoms with Crippen LogP contribution in [0.2, 0.25) is 0 Å². The van der Waals surface area contributed by atoms with E-state index in [2.05, 4.69) is 17.1 Å². The smallest absolute Gasteiger partial charge is 0.254 e. The summed E-state index contributed by atoms with van der Waals surface area (Å²) in [6.45, 7) is 0.826. The molecule has 0 saturated carbocycles. The molecule has 3 nitrogen and oxygen atoms in total. The first-order valence-electron chi connectivity index (χ1n) is 8.02. The van der Waals surface area contributed by atoms with Gasteiger partial charge in [0.1, 0.15) is 0 Å². The Balaban J connectivity index is 1.66. The number of aromatic nitrogens is 1. The highest BCUT2D eigenvalue weighted by Gasteiger charge is 2.30. The summed E-state index contributed by atoms with van der Waals surface area (Å²) >= 11 is 0. The van der Waals surface area contributed by atoms with E-state index in [1.165, 1.54) is 5.56 Å². The van der Waals surface area contributed by atoms with Crippen LogP contribution in [0.1, 0.15) is 34.8 Å². The Morgan fingerprint density at radius 1 is 1.04 bits per heavy atom. The molecule has 0 radical (unpaired) electrons. The normalized spacial score (nSPS) is 17.6. The number of rotatable bonds is 2. The second-order valence-corrected chi connectivity index (χ2v) is 6.00. The summed E-state index contributed by atoms with van der Waals surface area (Å²) in [7, 11) is 0. The number of fused-ring (bicyclic) bond motifs is 1. The molecule has 1 aliphatic heterocycles. The number of pyridine rings is 1. The van der Waals surface area contributed by atoms with E-state index in [1.54, 1.807) is 6.20 Å². The molecule has 0 aliphatic carbocycles. The van der Waals surface area contributed by atoms with Crippen LogP contribution in [-0.4, -0.2) is 22.3 Å². The second-order valence-electron chi connectivity index (χ2n) is 6.00. The monoisotopic (exact) mass is 302 g/mol. The van der Waals surface area contributed by atoms with Gasteiger partial charge in [-0.15, -0.1) is 0 Å². The summed E-state index contributed by atoms with van der Waals surface area (Å²) in [5.41, 5.74) is 1.98. The zero-order valence-corrected chi connectivity index (χ0v) is 12.9. The molecule has 1 fully saturated rings. The maximum atomic E-state index is 13.0. The first-order chi connectivity index (χ1) is 11.3. The SMILES string of the molecule is O=C(c1ccc2cnccc2c1)N1CCCC1c1ccccc1. The van der Waals surface area contributed by atoms with Gasteiger partial charge in [-0.25, -0.2) is 0 Å². The van der Waals surface area contributed by atoms with Gasteiger partial charge in [0.25, 0.3) is 5.91 Å². The summed E-state index contributed by atoms with van der Waals surface area (Å²) in [6, 6.07) is 18.3. The standard InChI is InChI=1S/C20H18N2O/c23-20(17-8-9-18-14-21-11-10-16(18)13-17)22-12-4-7-19(22)15-5-2-1-3-6-15/h1-3,5-6,8-11,13-14,19H,4,7,12H2. The zero-order valence-electron chi connectivity index (χ0n) is 12.9. The second kappa shape index (κ2) is 5.84. The summed E-state index contributed by atoms with van der Waals surface area (Å²) < 4.78 is 0. The van der Waals surface area contributed by atoms with Crippen LogP contribution in [0.4, 0.5) is 0 Å². The van der Waals surface area contributed by atoms with Crippen molar-refractivity contribution >= 4 is 16.7 Å². The number of carbonyl (C=O) groups excluding carboxylic acids is 1. The fourth-order valence-corrected chi connectivity index (χ4v) is 3.41. The minimum Gasteiger partial charge on any atom is -0.332 e. The van der Waals surface area contributed by atoms with Gasteiger partial charge in [0, 0.05) is 29.9 Å². The number of amides is 1.